The van der Waals surface area contributed by atoms with E-state index in [9.17, 15) is 0 Å². The van der Waals surface area contributed by atoms with Gasteiger partial charge in [0.25, 0.3) is 0 Å². The molecule has 2 heterocycles. The summed E-state index contributed by atoms with van der Waals surface area (Å²) in [4.78, 5) is 7.02. The van der Waals surface area contributed by atoms with Gasteiger partial charge >= 0.3 is 0 Å². The second-order valence-electron chi connectivity index (χ2n) is 5.43. The maximum absolute atomic E-state index is 4.49. The SMILES string of the molecule is CC(CN1CCCC1)Nc1nccc2ccccc12. The van der Waals surface area contributed by atoms with Crippen LogP contribution in [0.4, 0.5) is 5.82 Å². The number of benzene rings is 1. The maximum atomic E-state index is 4.49. The standard InChI is InChI=1S/C16H21N3/c1-13(12-19-10-4-5-11-19)18-16-15-7-3-2-6-14(15)8-9-17-16/h2-3,6-9,13H,4-5,10-12H2,1H3,(H,17,18). The van der Waals surface area contributed by atoms with Gasteiger partial charge in [-0.25, -0.2) is 4.98 Å². The van der Waals surface area contributed by atoms with E-state index in [1.54, 1.807) is 0 Å². The van der Waals surface area contributed by atoms with E-state index in [1.165, 1.54) is 36.7 Å². The molecular weight excluding hydrogens is 234 g/mol. The lowest BCUT2D eigenvalue weighted by molar-refractivity contribution is 0.327. The number of aromatic nitrogens is 1. The third-order valence-corrected chi connectivity index (χ3v) is 3.79. The molecule has 3 heteroatoms. The van der Waals surface area contributed by atoms with Gasteiger partial charge in [0, 0.05) is 24.2 Å². The van der Waals surface area contributed by atoms with Gasteiger partial charge in [-0.2, -0.15) is 0 Å². The normalized spacial score (nSPS) is 17.7. The molecule has 1 aromatic heterocycles. The summed E-state index contributed by atoms with van der Waals surface area (Å²) in [6.07, 6.45) is 4.58. The van der Waals surface area contributed by atoms with E-state index in [0.29, 0.717) is 6.04 Å². The Hall–Kier alpha value is -1.61. The molecule has 0 radical (unpaired) electrons. The van der Waals surface area contributed by atoms with Crippen LogP contribution < -0.4 is 5.32 Å². The Kier molecular flexibility index (Phi) is 3.65. The molecule has 3 nitrogen and oxygen atoms in total. The van der Waals surface area contributed by atoms with E-state index in [-0.39, 0.29) is 0 Å². The largest absolute Gasteiger partial charge is 0.366 e. The van der Waals surface area contributed by atoms with Gasteiger partial charge in [-0.1, -0.05) is 24.3 Å². The fourth-order valence-electron chi connectivity index (χ4n) is 2.87. The van der Waals surface area contributed by atoms with Crippen LogP contribution in [0.2, 0.25) is 0 Å². The number of anilines is 1. The van der Waals surface area contributed by atoms with Crippen molar-refractivity contribution < 1.29 is 0 Å². The number of nitrogens with zero attached hydrogens (tertiary/aromatic N) is 2. The van der Waals surface area contributed by atoms with Crippen LogP contribution in [0.1, 0.15) is 19.8 Å². The molecule has 1 aromatic carbocycles. The van der Waals surface area contributed by atoms with E-state index in [4.69, 9.17) is 0 Å². The Bertz CT molecular complexity index is 541. The lowest BCUT2D eigenvalue weighted by Gasteiger charge is -2.22. The molecular formula is C16H21N3. The second kappa shape index (κ2) is 5.57. The van der Waals surface area contributed by atoms with Gasteiger partial charge in [-0.3, -0.25) is 0 Å². The van der Waals surface area contributed by atoms with E-state index in [0.717, 1.165) is 12.4 Å². The van der Waals surface area contributed by atoms with Crippen molar-refractivity contribution in [2.24, 2.45) is 0 Å². The number of likely N-dealkylation sites (tertiary alicyclic amines) is 1. The molecule has 0 amide bonds. The molecule has 0 aliphatic carbocycles. The molecule has 1 saturated heterocycles. The van der Waals surface area contributed by atoms with Crippen molar-refractivity contribution in [3.8, 4) is 0 Å². The van der Waals surface area contributed by atoms with Crippen molar-refractivity contribution in [3.63, 3.8) is 0 Å². The summed E-state index contributed by atoms with van der Waals surface area (Å²) in [5.74, 6) is 1.00. The minimum atomic E-state index is 0.427. The molecule has 1 unspecified atom stereocenters. The van der Waals surface area contributed by atoms with Gasteiger partial charge in [-0.15, -0.1) is 0 Å². The first-order chi connectivity index (χ1) is 9.33. The Morgan fingerprint density at radius 1 is 1.21 bits per heavy atom. The summed E-state index contributed by atoms with van der Waals surface area (Å²) in [5.41, 5.74) is 0. The summed E-state index contributed by atoms with van der Waals surface area (Å²) in [6.45, 7) is 5.83. The quantitative estimate of drug-likeness (QED) is 0.909. The fraction of sp³-hybridized carbons (Fsp3) is 0.438. The fourth-order valence-corrected chi connectivity index (χ4v) is 2.87. The molecule has 1 atom stereocenters. The van der Waals surface area contributed by atoms with Crippen molar-refractivity contribution in [1.29, 1.82) is 0 Å². The average Bonchev–Trinajstić information content (AvgIpc) is 2.92. The number of hydrogen-bond acceptors (Lipinski definition) is 3. The van der Waals surface area contributed by atoms with Gasteiger partial charge in [0.15, 0.2) is 0 Å². The van der Waals surface area contributed by atoms with Gasteiger partial charge in [0.05, 0.1) is 0 Å². The highest BCUT2D eigenvalue weighted by atomic mass is 15.2. The minimum Gasteiger partial charge on any atom is -0.366 e. The minimum absolute atomic E-state index is 0.427. The molecule has 0 spiro atoms. The van der Waals surface area contributed by atoms with Crippen molar-refractivity contribution in [1.82, 2.24) is 9.88 Å². The molecule has 0 bridgehead atoms. The zero-order chi connectivity index (χ0) is 13.1. The van der Waals surface area contributed by atoms with E-state index < -0.39 is 0 Å². The summed E-state index contributed by atoms with van der Waals surface area (Å²) >= 11 is 0. The number of rotatable bonds is 4. The molecule has 1 fully saturated rings. The zero-order valence-electron chi connectivity index (χ0n) is 11.5. The highest BCUT2D eigenvalue weighted by Crippen LogP contribution is 2.21. The third-order valence-electron chi connectivity index (χ3n) is 3.79. The van der Waals surface area contributed by atoms with Crippen LogP contribution in [-0.2, 0) is 0 Å². The van der Waals surface area contributed by atoms with Crippen molar-refractivity contribution in [3.05, 3.63) is 36.5 Å². The van der Waals surface area contributed by atoms with Crippen LogP contribution in [0.5, 0.6) is 0 Å². The number of hydrogen-bond donors (Lipinski definition) is 1. The summed E-state index contributed by atoms with van der Waals surface area (Å²) in [7, 11) is 0. The Labute approximate surface area is 114 Å². The van der Waals surface area contributed by atoms with Crippen molar-refractivity contribution >= 4 is 16.6 Å². The highest BCUT2D eigenvalue weighted by Gasteiger charge is 2.15. The zero-order valence-corrected chi connectivity index (χ0v) is 11.5. The molecule has 2 aromatic rings. The van der Waals surface area contributed by atoms with Crippen LogP contribution in [0.25, 0.3) is 10.8 Å². The predicted molar refractivity (Wildman–Crippen MR) is 80.5 cm³/mol. The first-order valence-electron chi connectivity index (χ1n) is 7.15. The monoisotopic (exact) mass is 255 g/mol. The highest BCUT2D eigenvalue weighted by molar-refractivity contribution is 5.91. The van der Waals surface area contributed by atoms with Gasteiger partial charge in [0.2, 0.25) is 0 Å². The van der Waals surface area contributed by atoms with E-state index in [2.05, 4.69) is 52.5 Å². The first kappa shape index (κ1) is 12.4. The Balaban J connectivity index is 1.73. The van der Waals surface area contributed by atoms with E-state index in [1.807, 2.05) is 6.20 Å². The van der Waals surface area contributed by atoms with Crippen LogP contribution >= 0.6 is 0 Å². The lowest BCUT2D eigenvalue weighted by atomic mass is 10.1. The first-order valence-corrected chi connectivity index (χ1v) is 7.15. The topological polar surface area (TPSA) is 28.2 Å². The molecule has 19 heavy (non-hydrogen) atoms. The summed E-state index contributed by atoms with van der Waals surface area (Å²) in [5, 5.41) is 6.01. The van der Waals surface area contributed by atoms with Crippen LogP contribution in [0.15, 0.2) is 36.5 Å². The Morgan fingerprint density at radius 2 is 2.00 bits per heavy atom. The second-order valence-corrected chi connectivity index (χ2v) is 5.43. The van der Waals surface area contributed by atoms with E-state index >= 15 is 0 Å². The summed E-state index contributed by atoms with van der Waals surface area (Å²) in [6, 6.07) is 10.9. The third kappa shape index (κ3) is 2.87. The molecule has 100 valence electrons. The van der Waals surface area contributed by atoms with Gasteiger partial charge in [0.1, 0.15) is 5.82 Å². The average molecular weight is 255 g/mol. The smallest absolute Gasteiger partial charge is 0.134 e. The molecule has 1 aliphatic heterocycles. The lowest BCUT2D eigenvalue weighted by Crippen LogP contribution is -2.33. The summed E-state index contributed by atoms with van der Waals surface area (Å²) < 4.78 is 0. The maximum Gasteiger partial charge on any atom is 0.134 e. The molecule has 0 saturated carbocycles. The van der Waals surface area contributed by atoms with Gasteiger partial charge < -0.3 is 10.2 Å². The number of fused-ring (bicyclic) bond motifs is 1. The molecule has 1 N–H and O–H groups in total. The van der Waals surface area contributed by atoms with Crippen LogP contribution in [-0.4, -0.2) is 35.6 Å². The molecule has 1 aliphatic rings. The van der Waals surface area contributed by atoms with Crippen LogP contribution in [0.3, 0.4) is 0 Å². The number of pyridine rings is 1. The Morgan fingerprint density at radius 3 is 2.84 bits per heavy atom. The predicted octanol–water partition coefficient (Wildman–Crippen LogP) is 3.13. The van der Waals surface area contributed by atoms with Crippen molar-refractivity contribution in [2.45, 2.75) is 25.8 Å². The van der Waals surface area contributed by atoms with Crippen molar-refractivity contribution in [2.75, 3.05) is 25.0 Å². The van der Waals surface area contributed by atoms with Crippen LogP contribution in [0, 0.1) is 0 Å². The van der Waals surface area contributed by atoms with Gasteiger partial charge in [-0.05, 0) is 44.3 Å². The number of nitrogens with one attached hydrogen (secondary N) is 1. The molecule has 3 rings (SSSR count).